The number of rotatable bonds is 3. The third-order valence-corrected chi connectivity index (χ3v) is 3.08. The minimum absolute atomic E-state index is 0.0255. The molecule has 1 aromatic carbocycles. The van der Waals surface area contributed by atoms with Gasteiger partial charge in [-0.05, 0) is 42.6 Å². The fourth-order valence-corrected chi connectivity index (χ4v) is 1.80. The van der Waals surface area contributed by atoms with Gasteiger partial charge in [0.15, 0.2) is 0 Å². The molecule has 0 spiro atoms. The summed E-state index contributed by atoms with van der Waals surface area (Å²) in [4.78, 5) is 0. The summed E-state index contributed by atoms with van der Waals surface area (Å²) in [6.45, 7) is 4.77. The van der Waals surface area contributed by atoms with Crippen LogP contribution in [0.2, 0.25) is 0 Å². The topological polar surface area (TPSA) is 52.0 Å². The Kier molecular flexibility index (Phi) is 4.11. The largest absolute Gasteiger partial charge is 0.330 e. The number of hydrogen-bond acceptors (Lipinski definition) is 2. The van der Waals surface area contributed by atoms with Gasteiger partial charge in [0, 0.05) is 10.5 Å². The van der Waals surface area contributed by atoms with E-state index in [-0.39, 0.29) is 6.04 Å². The van der Waals surface area contributed by atoms with E-state index in [4.69, 9.17) is 11.5 Å². The SMILES string of the molecule is Cc1ccc(Br)cc1C(N)C(C)CN. The Hall–Kier alpha value is -0.380. The maximum absolute atomic E-state index is 6.12. The van der Waals surface area contributed by atoms with Crippen molar-refractivity contribution in [2.75, 3.05) is 6.54 Å². The molecule has 0 bridgehead atoms. The van der Waals surface area contributed by atoms with Crippen LogP contribution in [0.5, 0.6) is 0 Å². The van der Waals surface area contributed by atoms with Gasteiger partial charge in [-0.2, -0.15) is 0 Å². The molecule has 0 aromatic heterocycles. The van der Waals surface area contributed by atoms with Crippen LogP contribution in [0.1, 0.15) is 24.1 Å². The van der Waals surface area contributed by atoms with Crippen molar-refractivity contribution in [1.82, 2.24) is 0 Å². The lowest BCUT2D eigenvalue weighted by Crippen LogP contribution is -2.26. The monoisotopic (exact) mass is 256 g/mol. The molecule has 3 heteroatoms. The maximum atomic E-state index is 6.12. The molecular formula is C11H17BrN2. The predicted octanol–water partition coefficient (Wildman–Crippen LogP) is 2.35. The van der Waals surface area contributed by atoms with E-state index >= 15 is 0 Å². The fraction of sp³-hybridized carbons (Fsp3) is 0.455. The highest BCUT2D eigenvalue weighted by molar-refractivity contribution is 9.10. The molecule has 0 saturated heterocycles. The zero-order valence-corrected chi connectivity index (χ0v) is 10.2. The van der Waals surface area contributed by atoms with Crippen LogP contribution in [0, 0.1) is 12.8 Å². The Morgan fingerprint density at radius 1 is 1.43 bits per heavy atom. The van der Waals surface area contributed by atoms with E-state index in [2.05, 4.69) is 41.9 Å². The maximum Gasteiger partial charge on any atom is 0.0336 e. The predicted molar refractivity (Wildman–Crippen MR) is 64.0 cm³/mol. The van der Waals surface area contributed by atoms with Crippen molar-refractivity contribution >= 4 is 15.9 Å². The highest BCUT2D eigenvalue weighted by Gasteiger charge is 2.15. The molecule has 78 valence electrons. The Bertz CT molecular complexity index is 312. The van der Waals surface area contributed by atoms with Gasteiger partial charge >= 0.3 is 0 Å². The normalized spacial score (nSPS) is 15.2. The molecule has 0 radical (unpaired) electrons. The minimum atomic E-state index is 0.0255. The molecule has 0 aliphatic heterocycles. The lowest BCUT2D eigenvalue weighted by Gasteiger charge is -2.20. The van der Waals surface area contributed by atoms with Crippen LogP contribution in [-0.2, 0) is 0 Å². The smallest absolute Gasteiger partial charge is 0.0336 e. The molecule has 2 unspecified atom stereocenters. The Balaban J connectivity index is 2.99. The molecule has 2 nitrogen and oxygen atoms in total. The summed E-state index contributed by atoms with van der Waals surface area (Å²) in [7, 11) is 0. The molecule has 1 rings (SSSR count). The number of hydrogen-bond donors (Lipinski definition) is 2. The van der Waals surface area contributed by atoms with Gasteiger partial charge in [0.05, 0.1) is 0 Å². The van der Waals surface area contributed by atoms with E-state index in [9.17, 15) is 0 Å². The first kappa shape index (κ1) is 11.7. The molecule has 0 saturated carbocycles. The standard InChI is InChI=1S/C11H17BrN2/c1-7-3-4-9(12)5-10(7)11(14)8(2)6-13/h3-5,8,11H,6,13-14H2,1-2H3. The zero-order chi connectivity index (χ0) is 10.7. The van der Waals surface area contributed by atoms with Crippen molar-refractivity contribution in [3.63, 3.8) is 0 Å². The number of halogens is 1. The Morgan fingerprint density at radius 2 is 2.07 bits per heavy atom. The average Bonchev–Trinajstić information content (AvgIpc) is 2.19. The van der Waals surface area contributed by atoms with Crippen molar-refractivity contribution in [3.8, 4) is 0 Å². The Labute approximate surface area is 93.8 Å². The summed E-state index contributed by atoms with van der Waals surface area (Å²) in [6.07, 6.45) is 0. The second kappa shape index (κ2) is 4.91. The summed E-state index contributed by atoms with van der Waals surface area (Å²) in [6, 6.07) is 6.20. The van der Waals surface area contributed by atoms with E-state index in [0.717, 1.165) is 4.47 Å². The van der Waals surface area contributed by atoms with Crippen molar-refractivity contribution in [2.45, 2.75) is 19.9 Å². The molecule has 1 aromatic rings. The second-order valence-corrected chi connectivity index (χ2v) is 4.66. The molecular weight excluding hydrogens is 240 g/mol. The van der Waals surface area contributed by atoms with Crippen molar-refractivity contribution in [3.05, 3.63) is 33.8 Å². The first-order chi connectivity index (χ1) is 6.56. The second-order valence-electron chi connectivity index (χ2n) is 3.74. The van der Waals surface area contributed by atoms with Crippen molar-refractivity contribution in [2.24, 2.45) is 17.4 Å². The molecule has 0 amide bonds. The van der Waals surface area contributed by atoms with Gasteiger partial charge in [-0.1, -0.05) is 28.9 Å². The molecule has 0 aliphatic rings. The summed E-state index contributed by atoms with van der Waals surface area (Å²) in [5.41, 5.74) is 14.1. The van der Waals surface area contributed by atoms with E-state index in [1.54, 1.807) is 0 Å². The van der Waals surface area contributed by atoms with Gasteiger partial charge in [-0.25, -0.2) is 0 Å². The quantitative estimate of drug-likeness (QED) is 0.873. The van der Waals surface area contributed by atoms with Gasteiger partial charge in [0.1, 0.15) is 0 Å². The van der Waals surface area contributed by atoms with E-state index < -0.39 is 0 Å². The number of benzene rings is 1. The lowest BCUT2D eigenvalue weighted by atomic mass is 9.92. The number of aryl methyl sites for hydroxylation is 1. The number of nitrogens with two attached hydrogens (primary N) is 2. The average molecular weight is 257 g/mol. The van der Waals surface area contributed by atoms with Crippen LogP contribution in [0.15, 0.2) is 22.7 Å². The molecule has 0 aliphatic carbocycles. The van der Waals surface area contributed by atoms with Crippen LogP contribution >= 0.6 is 15.9 Å². The van der Waals surface area contributed by atoms with Crippen LogP contribution < -0.4 is 11.5 Å². The van der Waals surface area contributed by atoms with Gasteiger partial charge in [0.25, 0.3) is 0 Å². The first-order valence-corrected chi connectivity index (χ1v) is 5.57. The molecule has 0 heterocycles. The highest BCUT2D eigenvalue weighted by atomic mass is 79.9. The van der Waals surface area contributed by atoms with Crippen LogP contribution in [0.3, 0.4) is 0 Å². The van der Waals surface area contributed by atoms with E-state index in [0.29, 0.717) is 12.5 Å². The Morgan fingerprint density at radius 3 is 2.64 bits per heavy atom. The van der Waals surface area contributed by atoms with Gasteiger partial charge < -0.3 is 11.5 Å². The molecule has 4 N–H and O–H groups in total. The van der Waals surface area contributed by atoms with E-state index in [1.807, 2.05) is 6.07 Å². The highest BCUT2D eigenvalue weighted by Crippen LogP contribution is 2.25. The van der Waals surface area contributed by atoms with Gasteiger partial charge in [-0.3, -0.25) is 0 Å². The van der Waals surface area contributed by atoms with Crippen LogP contribution in [-0.4, -0.2) is 6.54 Å². The van der Waals surface area contributed by atoms with Crippen molar-refractivity contribution in [1.29, 1.82) is 0 Å². The first-order valence-electron chi connectivity index (χ1n) is 4.78. The van der Waals surface area contributed by atoms with Gasteiger partial charge in [0.2, 0.25) is 0 Å². The van der Waals surface area contributed by atoms with E-state index in [1.165, 1.54) is 11.1 Å². The molecule has 0 fully saturated rings. The van der Waals surface area contributed by atoms with Crippen molar-refractivity contribution < 1.29 is 0 Å². The lowest BCUT2D eigenvalue weighted by molar-refractivity contribution is 0.479. The molecule has 2 atom stereocenters. The summed E-state index contributed by atoms with van der Waals surface area (Å²) >= 11 is 3.45. The summed E-state index contributed by atoms with van der Waals surface area (Å²) in [5.74, 6) is 0.308. The third-order valence-electron chi connectivity index (χ3n) is 2.59. The zero-order valence-electron chi connectivity index (χ0n) is 8.63. The molecule has 14 heavy (non-hydrogen) atoms. The van der Waals surface area contributed by atoms with Gasteiger partial charge in [-0.15, -0.1) is 0 Å². The summed E-state index contributed by atoms with van der Waals surface area (Å²) in [5, 5.41) is 0. The fourth-order valence-electron chi connectivity index (χ4n) is 1.42. The summed E-state index contributed by atoms with van der Waals surface area (Å²) < 4.78 is 1.07. The third kappa shape index (κ3) is 2.56. The van der Waals surface area contributed by atoms with Crippen LogP contribution in [0.25, 0.3) is 0 Å². The minimum Gasteiger partial charge on any atom is -0.330 e. The van der Waals surface area contributed by atoms with Crippen LogP contribution in [0.4, 0.5) is 0 Å².